The number of halogens is 4. The normalized spacial score (nSPS) is 12.9. The molecule has 3 rings (SSSR count). The van der Waals surface area contributed by atoms with Crippen LogP contribution >= 0.6 is 46.4 Å². The van der Waals surface area contributed by atoms with Gasteiger partial charge in [0.15, 0.2) is 0 Å². The summed E-state index contributed by atoms with van der Waals surface area (Å²) in [4.78, 5) is 29.2. The second-order valence-corrected chi connectivity index (χ2v) is 13.1. The summed E-state index contributed by atoms with van der Waals surface area (Å²) in [6.45, 7) is 3.05. The Kier molecular flexibility index (Phi) is 11.8. The number of benzene rings is 3. The quantitative estimate of drug-likeness (QED) is 0.237. The van der Waals surface area contributed by atoms with Crippen molar-refractivity contribution in [2.45, 2.75) is 45.3 Å². The van der Waals surface area contributed by atoms with Crippen LogP contribution in [0.3, 0.4) is 0 Å². The molecule has 0 unspecified atom stereocenters. The van der Waals surface area contributed by atoms with Gasteiger partial charge in [-0.1, -0.05) is 89.7 Å². The summed E-state index contributed by atoms with van der Waals surface area (Å²) in [7, 11) is -3.96. The molecule has 0 fully saturated rings. The number of rotatable bonds is 12. The van der Waals surface area contributed by atoms with Crippen molar-refractivity contribution in [3.63, 3.8) is 0 Å². The van der Waals surface area contributed by atoms with E-state index in [9.17, 15) is 18.0 Å². The van der Waals surface area contributed by atoms with Crippen molar-refractivity contribution in [2.75, 3.05) is 17.1 Å². The summed E-state index contributed by atoms with van der Waals surface area (Å²) in [5, 5.41) is 3.93. The smallest absolute Gasteiger partial charge is 0.244 e. The molecule has 3 aromatic carbocycles. The molecule has 0 spiro atoms. The van der Waals surface area contributed by atoms with E-state index in [2.05, 4.69) is 5.32 Å². The lowest BCUT2D eigenvalue weighted by molar-refractivity contribution is -0.140. The van der Waals surface area contributed by atoms with E-state index >= 15 is 0 Å². The fourth-order valence-corrected chi connectivity index (χ4v) is 5.75. The summed E-state index contributed by atoms with van der Waals surface area (Å²) in [5.41, 5.74) is 1.39. The molecule has 2 atom stereocenters. The maximum absolute atomic E-state index is 14.1. The molecule has 0 aliphatic carbocycles. The first kappa shape index (κ1) is 33.0. The van der Waals surface area contributed by atoms with Crippen molar-refractivity contribution in [1.82, 2.24) is 10.2 Å². The van der Waals surface area contributed by atoms with E-state index in [1.807, 2.05) is 44.2 Å². The Balaban J connectivity index is 2.12. The molecular weight excluding hydrogens is 628 g/mol. The van der Waals surface area contributed by atoms with Crippen LogP contribution < -0.4 is 9.62 Å². The van der Waals surface area contributed by atoms with Crippen molar-refractivity contribution in [3.8, 4) is 0 Å². The van der Waals surface area contributed by atoms with Gasteiger partial charge >= 0.3 is 0 Å². The van der Waals surface area contributed by atoms with Gasteiger partial charge < -0.3 is 10.2 Å². The van der Waals surface area contributed by atoms with Gasteiger partial charge in [0.2, 0.25) is 21.8 Å². The summed E-state index contributed by atoms with van der Waals surface area (Å²) in [6, 6.07) is 17.3. The fraction of sp³-hybridized carbons (Fsp3) is 0.310. The second-order valence-electron chi connectivity index (χ2n) is 9.61. The Labute approximate surface area is 261 Å². The van der Waals surface area contributed by atoms with Crippen LogP contribution in [0.2, 0.25) is 20.1 Å². The summed E-state index contributed by atoms with van der Waals surface area (Å²) < 4.78 is 26.7. The van der Waals surface area contributed by atoms with Gasteiger partial charge in [-0.25, -0.2) is 8.42 Å². The Bertz CT molecular complexity index is 1470. The van der Waals surface area contributed by atoms with Crippen LogP contribution in [-0.2, 0) is 32.6 Å². The molecule has 0 radical (unpaired) electrons. The molecule has 0 aromatic heterocycles. The molecule has 0 aliphatic heterocycles. The highest BCUT2D eigenvalue weighted by atomic mass is 35.5. The molecule has 41 heavy (non-hydrogen) atoms. The van der Waals surface area contributed by atoms with Crippen LogP contribution in [0, 0.1) is 0 Å². The zero-order valence-corrected chi connectivity index (χ0v) is 26.6. The third-order valence-corrected chi connectivity index (χ3v) is 9.12. The number of carbonyl (C=O) groups excluding carboxylic acids is 2. The van der Waals surface area contributed by atoms with Crippen LogP contribution in [0.5, 0.6) is 0 Å². The molecule has 0 aliphatic rings. The highest BCUT2D eigenvalue weighted by Crippen LogP contribution is 2.30. The molecule has 12 heteroatoms. The Hall–Kier alpha value is -2.49. The van der Waals surface area contributed by atoms with Gasteiger partial charge in [0.05, 0.1) is 22.0 Å². The lowest BCUT2D eigenvalue weighted by Gasteiger charge is -2.34. The molecule has 1 N–H and O–H groups in total. The van der Waals surface area contributed by atoms with E-state index in [1.54, 1.807) is 18.2 Å². The highest BCUT2D eigenvalue weighted by Gasteiger charge is 2.34. The standard InChI is InChI=1S/C29H31Cl4N3O4S/c1-4-19(2)34-29(38)27(15-20-9-6-5-7-10-20)35(17-22-23(30)11-8-12-24(22)31)28(37)18-36(41(3,39)40)21-13-14-25(32)26(33)16-21/h5-14,16,19,27H,4,15,17-18H2,1-3H3,(H,34,38)/t19-,27-/m0/s1. The molecular formula is C29H31Cl4N3O4S. The van der Waals surface area contributed by atoms with Gasteiger partial charge in [-0.2, -0.15) is 0 Å². The van der Waals surface area contributed by atoms with Crippen LogP contribution in [0.15, 0.2) is 66.7 Å². The summed E-state index contributed by atoms with van der Waals surface area (Å²) in [6.07, 6.45) is 1.82. The summed E-state index contributed by atoms with van der Waals surface area (Å²) >= 11 is 25.2. The van der Waals surface area contributed by atoms with Crippen LogP contribution in [0.4, 0.5) is 5.69 Å². The highest BCUT2D eigenvalue weighted by molar-refractivity contribution is 7.92. The van der Waals surface area contributed by atoms with Gasteiger partial charge in [-0.3, -0.25) is 13.9 Å². The zero-order valence-electron chi connectivity index (χ0n) is 22.8. The SMILES string of the molecule is CC[C@H](C)NC(=O)[C@H](Cc1ccccc1)N(Cc1c(Cl)cccc1Cl)C(=O)CN(c1ccc(Cl)c(Cl)c1)S(C)(=O)=O. The van der Waals surface area contributed by atoms with E-state index in [4.69, 9.17) is 46.4 Å². The predicted octanol–water partition coefficient (Wildman–Crippen LogP) is 6.62. The van der Waals surface area contributed by atoms with Gasteiger partial charge in [0.1, 0.15) is 12.6 Å². The Morgan fingerprint density at radius 1 is 0.878 bits per heavy atom. The predicted molar refractivity (Wildman–Crippen MR) is 167 cm³/mol. The van der Waals surface area contributed by atoms with Crippen LogP contribution in [0.25, 0.3) is 0 Å². The van der Waals surface area contributed by atoms with Crippen molar-refractivity contribution < 1.29 is 18.0 Å². The topological polar surface area (TPSA) is 86.8 Å². The Morgan fingerprint density at radius 2 is 1.51 bits per heavy atom. The first-order chi connectivity index (χ1) is 19.3. The van der Waals surface area contributed by atoms with E-state index in [-0.39, 0.29) is 40.6 Å². The minimum Gasteiger partial charge on any atom is -0.352 e. The third kappa shape index (κ3) is 9.00. The van der Waals surface area contributed by atoms with E-state index in [1.165, 1.54) is 23.1 Å². The van der Waals surface area contributed by atoms with Gasteiger partial charge in [-0.15, -0.1) is 0 Å². The van der Waals surface area contributed by atoms with Crippen molar-refractivity contribution >= 4 is 73.9 Å². The number of sulfonamides is 1. The lowest BCUT2D eigenvalue weighted by Crippen LogP contribution is -2.54. The Morgan fingerprint density at radius 3 is 2.07 bits per heavy atom. The molecule has 2 amide bonds. The van der Waals surface area contributed by atoms with Crippen molar-refractivity contribution in [3.05, 3.63) is 97.9 Å². The van der Waals surface area contributed by atoms with Gasteiger partial charge in [0.25, 0.3) is 0 Å². The largest absolute Gasteiger partial charge is 0.352 e. The monoisotopic (exact) mass is 657 g/mol. The third-order valence-electron chi connectivity index (χ3n) is 6.53. The number of nitrogens with zero attached hydrogens (tertiary/aromatic N) is 2. The number of hydrogen-bond donors (Lipinski definition) is 1. The van der Waals surface area contributed by atoms with Crippen molar-refractivity contribution in [1.29, 1.82) is 0 Å². The lowest BCUT2D eigenvalue weighted by atomic mass is 10.0. The van der Waals surface area contributed by atoms with Gasteiger partial charge in [-0.05, 0) is 49.2 Å². The average molecular weight is 659 g/mol. The first-order valence-electron chi connectivity index (χ1n) is 12.8. The molecule has 7 nitrogen and oxygen atoms in total. The molecule has 0 saturated heterocycles. The molecule has 3 aromatic rings. The number of carbonyl (C=O) groups is 2. The molecule has 0 saturated carbocycles. The number of anilines is 1. The molecule has 0 heterocycles. The molecule has 220 valence electrons. The van der Waals surface area contributed by atoms with Crippen LogP contribution in [0.1, 0.15) is 31.4 Å². The number of amides is 2. The average Bonchev–Trinajstić information content (AvgIpc) is 2.92. The maximum Gasteiger partial charge on any atom is 0.244 e. The minimum absolute atomic E-state index is 0.125. The minimum atomic E-state index is -3.96. The second kappa shape index (κ2) is 14.6. The van der Waals surface area contributed by atoms with Crippen LogP contribution in [-0.4, -0.2) is 50.0 Å². The van der Waals surface area contributed by atoms with Crippen molar-refractivity contribution in [2.24, 2.45) is 0 Å². The number of hydrogen-bond acceptors (Lipinski definition) is 4. The van der Waals surface area contributed by atoms with E-state index in [0.717, 1.165) is 16.1 Å². The summed E-state index contributed by atoms with van der Waals surface area (Å²) in [5.74, 6) is -1.03. The maximum atomic E-state index is 14.1. The zero-order chi connectivity index (χ0) is 30.3. The molecule has 0 bridgehead atoms. The van der Waals surface area contributed by atoms with E-state index in [0.29, 0.717) is 22.0 Å². The van der Waals surface area contributed by atoms with Gasteiger partial charge in [0, 0.05) is 34.6 Å². The first-order valence-corrected chi connectivity index (χ1v) is 16.2. The number of nitrogens with one attached hydrogen (secondary N) is 1. The fourth-order valence-electron chi connectivity index (χ4n) is 4.10. The van der Waals surface area contributed by atoms with E-state index < -0.39 is 28.5 Å².